The molecular formula is C27H16N4O12S2. The van der Waals surface area contributed by atoms with E-state index in [4.69, 9.17) is 11.5 Å². The molecule has 0 bridgehead atoms. The quantitative estimate of drug-likeness (QED) is 0.115. The van der Waals surface area contributed by atoms with Crippen LogP contribution in [0.3, 0.4) is 0 Å². The Kier molecular flexibility index (Phi) is 8.70. The van der Waals surface area contributed by atoms with E-state index in [0.29, 0.717) is 0 Å². The molecule has 2 heterocycles. The van der Waals surface area contributed by atoms with E-state index in [1.54, 1.807) is 6.11 Å². The molecule has 0 saturated heterocycles. The molecule has 1 aliphatic heterocycles. The highest BCUT2D eigenvalue weighted by atomic mass is 32.2. The van der Waals surface area contributed by atoms with Crippen molar-refractivity contribution in [2.75, 3.05) is 5.01 Å². The van der Waals surface area contributed by atoms with Crippen molar-refractivity contribution >= 4 is 55.4 Å². The number of aromatic hydroxyl groups is 1. The van der Waals surface area contributed by atoms with Crippen molar-refractivity contribution in [2.45, 2.75) is 9.79 Å². The van der Waals surface area contributed by atoms with Crippen LogP contribution in [0, 0.1) is 24.6 Å². The number of esters is 1. The van der Waals surface area contributed by atoms with E-state index >= 15 is 0 Å². The molecule has 1 aliphatic rings. The third kappa shape index (κ3) is 6.64. The SMILES string of the molecule is C#COC(=O)c1nn(-c2ccc(S(=O)(=O)O)cc2)c(O)c1C=C/C=C1\C(=O)N(c2ccc(S(=O)(=O)O)cc2)N=C1C(=O)C#CO. The first kappa shape index (κ1) is 31.9. The van der Waals surface area contributed by atoms with Gasteiger partial charge in [0.1, 0.15) is 12.2 Å². The molecule has 45 heavy (non-hydrogen) atoms. The number of aromatic nitrogens is 2. The first-order valence-electron chi connectivity index (χ1n) is 11.8. The topological polar surface area (TPSA) is 243 Å². The Morgan fingerprint density at radius 3 is 2.00 bits per heavy atom. The number of allylic oxidation sites excluding steroid dienone is 2. The van der Waals surface area contributed by atoms with Gasteiger partial charge in [0.2, 0.25) is 5.88 Å². The second-order valence-corrected chi connectivity index (χ2v) is 11.4. The minimum atomic E-state index is -4.54. The van der Waals surface area contributed by atoms with Gasteiger partial charge in [-0.05, 0) is 60.7 Å². The fourth-order valence-corrected chi connectivity index (χ4v) is 4.74. The van der Waals surface area contributed by atoms with Crippen LogP contribution in [0.1, 0.15) is 16.1 Å². The van der Waals surface area contributed by atoms with Gasteiger partial charge in [0, 0.05) is 5.92 Å². The molecule has 0 unspecified atom stereocenters. The van der Waals surface area contributed by atoms with Crippen LogP contribution < -0.4 is 5.01 Å². The van der Waals surface area contributed by atoms with Gasteiger partial charge in [-0.3, -0.25) is 18.7 Å². The normalized spacial score (nSPS) is 14.2. The first-order valence-corrected chi connectivity index (χ1v) is 14.7. The molecule has 0 spiro atoms. The highest BCUT2D eigenvalue weighted by molar-refractivity contribution is 7.86. The number of carbonyl (C=O) groups is 3. The second kappa shape index (κ2) is 12.3. The van der Waals surface area contributed by atoms with E-state index in [9.17, 15) is 45.4 Å². The number of hydrogen-bond acceptors (Lipinski definition) is 12. The molecule has 1 aromatic heterocycles. The Labute approximate surface area is 253 Å². The maximum atomic E-state index is 13.2. The van der Waals surface area contributed by atoms with E-state index in [-0.39, 0.29) is 22.5 Å². The number of ketones is 1. The Hall–Kier alpha value is -6.05. The third-order valence-electron chi connectivity index (χ3n) is 5.79. The van der Waals surface area contributed by atoms with Gasteiger partial charge in [-0.2, -0.15) is 36.7 Å². The zero-order valence-electron chi connectivity index (χ0n) is 22.1. The summed E-state index contributed by atoms with van der Waals surface area (Å²) in [4.78, 5) is 37.3. The average molecular weight is 653 g/mol. The van der Waals surface area contributed by atoms with E-state index in [2.05, 4.69) is 14.9 Å². The highest BCUT2D eigenvalue weighted by Crippen LogP contribution is 2.29. The fourth-order valence-electron chi connectivity index (χ4n) is 3.78. The van der Waals surface area contributed by atoms with E-state index in [1.807, 2.05) is 5.92 Å². The average Bonchev–Trinajstić information content (AvgIpc) is 3.49. The number of Topliss-reactive ketones (excluding diaryl/α,β-unsaturated/α-hetero) is 1. The van der Waals surface area contributed by atoms with Crippen molar-refractivity contribution in [3.05, 3.63) is 77.5 Å². The number of anilines is 1. The summed E-state index contributed by atoms with van der Waals surface area (Å²) in [7, 11) is -9.08. The van der Waals surface area contributed by atoms with Crippen molar-refractivity contribution in [3.63, 3.8) is 0 Å². The van der Waals surface area contributed by atoms with Gasteiger partial charge in [-0.15, -0.1) is 0 Å². The lowest BCUT2D eigenvalue weighted by molar-refractivity contribution is -0.114. The predicted molar refractivity (Wildman–Crippen MR) is 152 cm³/mol. The molecule has 2 aromatic carbocycles. The fraction of sp³-hybridized carbons (Fsp3) is 0. The van der Waals surface area contributed by atoms with Crippen LogP contribution in [0.4, 0.5) is 5.69 Å². The molecular weight excluding hydrogens is 636 g/mol. The number of amides is 1. The third-order valence-corrected chi connectivity index (χ3v) is 7.52. The maximum absolute atomic E-state index is 13.2. The Morgan fingerprint density at radius 2 is 1.49 bits per heavy atom. The number of nitrogens with zero attached hydrogens (tertiary/aromatic N) is 4. The van der Waals surface area contributed by atoms with Crippen molar-refractivity contribution < 1.29 is 55.3 Å². The summed E-state index contributed by atoms with van der Waals surface area (Å²) in [5, 5.41) is 28.3. The van der Waals surface area contributed by atoms with Crippen LogP contribution in [-0.2, 0) is 34.6 Å². The maximum Gasteiger partial charge on any atom is 0.373 e. The molecule has 0 saturated carbocycles. The number of ether oxygens (including phenoxy) is 1. The van der Waals surface area contributed by atoms with Gasteiger partial charge in [0.25, 0.3) is 31.9 Å². The zero-order chi connectivity index (χ0) is 33.1. The molecule has 0 radical (unpaired) electrons. The van der Waals surface area contributed by atoms with Crippen molar-refractivity contribution in [2.24, 2.45) is 5.10 Å². The Morgan fingerprint density at radius 1 is 0.933 bits per heavy atom. The van der Waals surface area contributed by atoms with Gasteiger partial charge in [0.05, 0.1) is 32.3 Å². The number of benzene rings is 2. The molecule has 3 aromatic rings. The Bertz CT molecular complexity index is 2160. The number of hydrazone groups is 1. The van der Waals surface area contributed by atoms with E-state index in [0.717, 1.165) is 76.4 Å². The lowest BCUT2D eigenvalue weighted by atomic mass is 10.1. The number of terminal acetylenes is 1. The summed E-state index contributed by atoms with van der Waals surface area (Å²) in [6.45, 7) is 0. The summed E-state index contributed by atoms with van der Waals surface area (Å²) in [5.74, 6) is -2.02. The zero-order valence-corrected chi connectivity index (χ0v) is 23.7. The number of aliphatic hydroxyl groups excluding tert-OH is 1. The van der Waals surface area contributed by atoms with E-state index < -0.39 is 65.0 Å². The van der Waals surface area contributed by atoms with Crippen LogP contribution in [-0.4, -0.2) is 69.3 Å². The standard InChI is InChI=1S/C27H16N4O12S2/c1-2-43-27(36)24-21(26(35)31(29-24)17-8-12-19(13-9-17)45(40,41)42)5-3-4-20-23(22(33)14-15-32)28-30(25(20)34)16-6-10-18(11-7-16)44(37,38)39/h1,3-13,32,35H,(H,37,38,39)(H,40,41,42)/b5-3?,20-4-. The molecule has 0 aliphatic carbocycles. The second-order valence-electron chi connectivity index (χ2n) is 8.51. The number of aliphatic hydroxyl groups is 1. The van der Waals surface area contributed by atoms with Gasteiger partial charge in [-0.25, -0.2) is 4.79 Å². The minimum absolute atomic E-state index is 0.0136. The summed E-state index contributed by atoms with van der Waals surface area (Å²) in [5.41, 5.74) is -1.70. The Balaban J connectivity index is 1.76. The summed E-state index contributed by atoms with van der Waals surface area (Å²) >= 11 is 0. The van der Waals surface area contributed by atoms with Crippen LogP contribution in [0.2, 0.25) is 0 Å². The van der Waals surface area contributed by atoms with Crippen molar-refractivity contribution in [1.29, 1.82) is 0 Å². The lowest BCUT2D eigenvalue weighted by Gasteiger charge is -2.11. The van der Waals surface area contributed by atoms with Gasteiger partial charge >= 0.3 is 5.97 Å². The van der Waals surface area contributed by atoms with E-state index in [1.165, 1.54) is 6.11 Å². The van der Waals surface area contributed by atoms with Crippen LogP contribution in [0.5, 0.6) is 5.88 Å². The molecule has 0 fully saturated rings. The smallest absolute Gasteiger partial charge is 0.373 e. The van der Waals surface area contributed by atoms with Crippen LogP contribution >= 0.6 is 0 Å². The lowest BCUT2D eigenvalue weighted by Crippen LogP contribution is -2.22. The first-order chi connectivity index (χ1) is 21.2. The molecule has 16 nitrogen and oxygen atoms in total. The van der Waals surface area contributed by atoms with Gasteiger partial charge in [-0.1, -0.05) is 12.5 Å². The summed E-state index contributed by atoms with van der Waals surface area (Å²) < 4.78 is 69.1. The minimum Gasteiger partial charge on any atom is -0.493 e. The number of carbonyl (C=O) groups excluding carboxylic acids is 3. The van der Waals surface area contributed by atoms with Gasteiger partial charge in [0.15, 0.2) is 11.4 Å². The summed E-state index contributed by atoms with van der Waals surface area (Å²) in [6, 6.07) is 8.55. The molecule has 4 rings (SSSR count). The van der Waals surface area contributed by atoms with Crippen molar-refractivity contribution in [3.8, 4) is 36.1 Å². The summed E-state index contributed by atoms with van der Waals surface area (Å²) in [6.07, 6.45) is 11.3. The van der Waals surface area contributed by atoms with Crippen LogP contribution in [0.25, 0.3) is 11.8 Å². The molecule has 0 atom stereocenters. The number of hydrogen-bond donors (Lipinski definition) is 4. The monoisotopic (exact) mass is 652 g/mol. The molecule has 4 N–H and O–H groups in total. The predicted octanol–water partition coefficient (Wildman–Crippen LogP) is 1.06. The van der Waals surface area contributed by atoms with Crippen LogP contribution in [0.15, 0.2) is 81.1 Å². The van der Waals surface area contributed by atoms with Crippen molar-refractivity contribution in [1.82, 2.24) is 9.78 Å². The molecule has 228 valence electrons. The number of rotatable bonds is 8. The largest absolute Gasteiger partial charge is 0.493 e. The molecule has 1 amide bonds. The molecule has 18 heteroatoms. The van der Waals surface area contributed by atoms with Gasteiger partial charge < -0.3 is 14.9 Å². The highest BCUT2D eigenvalue weighted by Gasteiger charge is 2.34.